The number of hydrogen-bond acceptors (Lipinski definition) is 4. The van der Waals surface area contributed by atoms with Gasteiger partial charge < -0.3 is 24.4 Å². The van der Waals surface area contributed by atoms with E-state index in [9.17, 15) is 9.59 Å². The zero-order chi connectivity index (χ0) is 24.1. The molecule has 7 heteroatoms. The van der Waals surface area contributed by atoms with Gasteiger partial charge in [0.2, 0.25) is 0 Å². The van der Waals surface area contributed by atoms with Crippen LogP contribution in [-0.2, 0) is 7.05 Å². The molecule has 0 aliphatic carbocycles. The molecule has 34 heavy (non-hydrogen) atoms. The van der Waals surface area contributed by atoms with Crippen LogP contribution in [0.5, 0.6) is 5.75 Å². The maximum atomic E-state index is 12.9. The summed E-state index contributed by atoms with van der Waals surface area (Å²) in [7, 11) is 5.53. The third kappa shape index (κ3) is 5.55. The first kappa shape index (κ1) is 23.3. The summed E-state index contributed by atoms with van der Waals surface area (Å²) in [6, 6.07) is 16.9. The number of methoxy groups -OCH3 is 1. The fourth-order valence-corrected chi connectivity index (χ4v) is 3.90. The number of likely N-dealkylation sites (N-methyl/N-ethyl adjacent to an activating group) is 1. The second kappa shape index (κ2) is 10.4. The second-order valence-corrected chi connectivity index (χ2v) is 8.51. The number of carbonyl (C=O) groups is 2. The van der Waals surface area contributed by atoms with E-state index in [-0.39, 0.29) is 11.8 Å². The van der Waals surface area contributed by atoms with E-state index in [1.165, 1.54) is 0 Å². The molecule has 176 valence electrons. The number of hydrogen-bond donors (Lipinski definition) is 1. The number of ether oxygens (including phenoxy) is 1. The maximum Gasteiger partial charge on any atom is 0.270 e. The van der Waals surface area contributed by atoms with E-state index in [4.69, 9.17) is 4.74 Å². The monoisotopic (exact) mass is 458 g/mol. The van der Waals surface area contributed by atoms with Crippen LogP contribution in [-0.4, -0.2) is 66.5 Å². The van der Waals surface area contributed by atoms with Gasteiger partial charge in [-0.1, -0.05) is 36.4 Å². The average Bonchev–Trinajstić information content (AvgIpc) is 3.22. The molecule has 0 atom stereocenters. The standard InChI is InChI=1S/C27H30N4O3/c1-29-13-15-31(16-14-29)27(33)25-18-23(19-30(25)2)28-26(32)22-11-9-20(10-12-22)7-8-21-5-4-6-24(17-21)34-3/h4-12,17-19H,13-16H2,1-3H3,(H,28,32)/b8-7+. The Bertz CT molecular complexity index is 1190. The number of amides is 2. The van der Waals surface area contributed by atoms with Gasteiger partial charge in [0.1, 0.15) is 11.4 Å². The molecule has 0 unspecified atom stereocenters. The summed E-state index contributed by atoms with van der Waals surface area (Å²) in [6.45, 7) is 3.15. The Morgan fingerprint density at radius 3 is 2.32 bits per heavy atom. The quantitative estimate of drug-likeness (QED) is 0.570. The highest BCUT2D eigenvalue weighted by Gasteiger charge is 2.23. The van der Waals surface area contributed by atoms with Crippen molar-refractivity contribution in [3.05, 3.63) is 83.2 Å². The predicted octanol–water partition coefficient (Wildman–Crippen LogP) is 3.84. The van der Waals surface area contributed by atoms with Crippen molar-refractivity contribution in [2.24, 2.45) is 7.05 Å². The van der Waals surface area contributed by atoms with Crippen molar-refractivity contribution in [1.29, 1.82) is 0 Å². The molecular weight excluding hydrogens is 428 g/mol. The van der Waals surface area contributed by atoms with Gasteiger partial charge in [0.25, 0.3) is 11.8 Å². The summed E-state index contributed by atoms with van der Waals surface area (Å²) >= 11 is 0. The van der Waals surface area contributed by atoms with E-state index in [1.54, 1.807) is 36.1 Å². The molecule has 2 heterocycles. The number of rotatable bonds is 6. The van der Waals surface area contributed by atoms with Gasteiger partial charge in [-0.05, 0) is 48.5 Å². The van der Waals surface area contributed by atoms with Crippen LogP contribution in [0.2, 0.25) is 0 Å². The Morgan fingerprint density at radius 1 is 0.912 bits per heavy atom. The lowest BCUT2D eigenvalue weighted by molar-refractivity contribution is 0.0654. The van der Waals surface area contributed by atoms with E-state index in [1.807, 2.05) is 60.5 Å². The van der Waals surface area contributed by atoms with Crippen LogP contribution in [0.4, 0.5) is 5.69 Å². The van der Waals surface area contributed by atoms with E-state index in [0.29, 0.717) is 30.0 Å². The summed E-state index contributed by atoms with van der Waals surface area (Å²) in [6.07, 6.45) is 5.76. The molecule has 0 saturated carbocycles. The number of aromatic nitrogens is 1. The first-order chi connectivity index (χ1) is 16.4. The number of carbonyl (C=O) groups excluding carboxylic acids is 2. The van der Waals surface area contributed by atoms with Crippen LogP contribution in [0.1, 0.15) is 32.0 Å². The predicted molar refractivity (Wildman–Crippen MR) is 135 cm³/mol. The molecule has 1 saturated heterocycles. The first-order valence-corrected chi connectivity index (χ1v) is 11.3. The Balaban J connectivity index is 1.38. The summed E-state index contributed by atoms with van der Waals surface area (Å²) in [5.74, 6) is 0.583. The number of nitrogens with zero attached hydrogens (tertiary/aromatic N) is 3. The van der Waals surface area contributed by atoms with Gasteiger partial charge in [-0.3, -0.25) is 9.59 Å². The van der Waals surface area contributed by atoms with Crippen molar-refractivity contribution in [1.82, 2.24) is 14.4 Å². The zero-order valence-corrected chi connectivity index (χ0v) is 19.8. The van der Waals surface area contributed by atoms with E-state index in [2.05, 4.69) is 17.3 Å². The third-order valence-electron chi connectivity index (χ3n) is 6.01. The molecular formula is C27H30N4O3. The number of benzene rings is 2. The molecule has 1 aliphatic rings. The van der Waals surface area contributed by atoms with Crippen molar-refractivity contribution in [2.45, 2.75) is 0 Å². The van der Waals surface area contributed by atoms with Crippen molar-refractivity contribution in [2.75, 3.05) is 45.7 Å². The van der Waals surface area contributed by atoms with Gasteiger partial charge in [-0.2, -0.15) is 0 Å². The summed E-state index contributed by atoms with van der Waals surface area (Å²) in [4.78, 5) is 29.7. The largest absolute Gasteiger partial charge is 0.497 e. The maximum absolute atomic E-state index is 12.9. The lowest BCUT2D eigenvalue weighted by Gasteiger charge is -2.32. The van der Waals surface area contributed by atoms with Crippen molar-refractivity contribution >= 4 is 29.7 Å². The molecule has 0 spiro atoms. The lowest BCUT2D eigenvalue weighted by Crippen LogP contribution is -2.47. The number of anilines is 1. The van der Waals surface area contributed by atoms with Gasteiger partial charge in [-0.15, -0.1) is 0 Å². The van der Waals surface area contributed by atoms with Crippen LogP contribution < -0.4 is 10.1 Å². The normalized spacial score (nSPS) is 14.4. The van der Waals surface area contributed by atoms with Crippen molar-refractivity contribution in [3.63, 3.8) is 0 Å². The highest BCUT2D eigenvalue weighted by atomic mass is 16.5. The van der Waals surface area contributed by atoms with Gasteiger partial charge in [0, 0.05) is 45.0 Å². The van der Waals surface area contributed by atoms with E-state index >= 15 is 0 Å². The molecule has 1 N–H and O–H groups in total. The van der Waals surface area contributed by atoms with Crippen LogP contribution in [0.25, 0.3) is 12.2 Å². The molecule has 1 aromatic heterocycles. The Kier molecular flexibility index (Phi) is 7.13. The van der Waals surface area contributed by atoms with Gasteiger partial charge >= 0.3 is 0 Å². The summed E-state index contributed by atoms with van der Waals surface area (Å²) < 4.78 is 7.02. The van der Waals surface area contributed by atoms with Crippen LogP contribution in [0, 0.1) is 0 Å². The number of aryl methyl sites for hydroxylation is 1. The lowest BCUT2D eigenvalue weighted by atomic mass is 10.1. The van der Waals surface area contributed by atoms with E-state index < -0.39 is 0 Å². The van der Waals surface area contributed by atoms with Crippen molar-refractivity contribution < 1.29 is 14.3 Å². The SMILES string of the molecule is COc1cccc(/C=C/c2ccc(C(=O)Nc3cc(C(=O)N4CCN(C)CC4)n(C)c3)cc2)c1. The average molecular weight is 459 g/mol. The molecule has 2 amide bonds. The molecule has 3 aromatic rings. The molecule has 4 rings (SSSR count). The molecule has 1 fully saturated rings. The Labute approximate surface area is 200 Å². The van der Waals surface area contributed by atoms with Crippen LogP contribution >= 0.6 is 0 Å². The number of nitrogens with one attached hydrogen (secondary N) is 1. The second-order valence-electron chi connectivity index (χ2n) is 8.51. The fraction of sp³-hybridized carbons (Fsp3) is 0.259. The Hall–Kier alpha value is -3.84. The molecule has 0 radical (unpaired) electrons. The van der Waals surface area contributed by atoms with Gasteiger partial charge in [-0.25, -0.2) is 0 Å². The first-order valence-electron chi connectivity index (χ1n) is 11.3. The topological polar surface area (TPSA) is 66.8 Å². The summed E-state index contributed by atoms with van der Waals surface area (Å²) in [5.41, 5.74) is 3.74. The smallest absolute Gasteiger partial charge is 0.270 e. The minimum Gasteiger partial charge on any atom is -0.497 e. The molecule has 7 nitrogen and oxygen atoms in total. The van der Waals surface area contributed by atoms with E-state index in [0.717, 1.165) is 30.0 Å². The fourth-order valence-electron chi connectivity index (χ4n) is 3.90. The highest BCUT2D eigenvalue weighted by Crippen LogP contribution is 2.18. The third-order valence-corrected chi connectivity index (χ3v) is 6.01. The molecule has 0 bridgehead atoms. The zero-order valence-electron chi connectivity index (χ0n) is 19.8. The van der Waals surface area contributed by atoms with Crippen LogP contribution in [0.15, 0.2) is 60.8 Å². The van der Waals surface area contributed by atoms with Gasteiger partial charge in [0.05, 0.1) is 12.8 Å². The van der Waals surface area contributed by atoms with Crippen molar-refractivity contribution in [3.8, 4) is 5.75 Å². The Morgan fingerprint density at radius 2 is 1.62 bits per heavy atom. The number of piperazine rings is 1. The molecule has 1 aliphatic heterocycles. The van der Waals surface area contributed by atoms with Gasteiger partial charge in [0.15, 0.2) is 0 Å². The minimum absolute atomic E-state index is 0.0109. The highest BCUT2D eigenvalue weighted by molar-refractivity contribution is 6.05. The minimum atomic E-state index is -0.215. The summed E-state index contributed by atoms with van der Waals surface area (Å²) in [5, 5.41) is 2.90. The van der Waals surface area contributed by atoms with Crippen LogP contribution in [0.3, 0.4) is 0 Å². The molecule has 2 aromatic carbocycles.